The van der Waals surface area contributed by atoms with Gasteiger partial charge in [-0.15, -0.1) is 0 Å². The van der Waals surface area contributed by atoms with Crippen LogP contribution in [0, 0.1) is 0 Å². The van der Waals surface area contributed by atoms with E-state index in [0.29, 0.717) is 17.6 Å². The first-order chi connectivity index (χ1) is 12.0. The summed E-state index contributed by atoms with van der Waals surface area (Å²) >= 11 is 0. The van der Waals surface area contributed by atoms with Crippen LogP contribution in [-0.2, 0) is 19.4 Å². The van der Waals surface area contributed by atoms with Crippen molar-refractivity contribution in [1.29, 1.82) is 0 Å². The lowest BCUT2D eigenvalue weighted by Crippen LogP contribution is -2.45. The molecule has 7 nitrogen and oxygen atoms in total. The van der Waals surface area contributed by atoms with Gasteiger partial charge in [0.15, 0.2) is 9.84 Å². The smallest absolute Gasteiger partial charge is 0.408 e. The minimum Gasteiger partial charge on any atom is -0.497 e. The number of carbonyl (C=O) groups excluding carboxylic acids is 2. The topological polar surface area (TPSA) is 98.8 Å². The van der Waals surface area contributed by atoms with Crippen LogP contribution < -0.4 is 10.1 Å². The molecule has 0 spiro atoms. The van der Waals surface area contributed by atoms with Gasteiger partial charge in [-0.25, -0.2) is 13.2 Å². The van der Waals surface area contributed by atoms with Crippen molar-refractivity contribution in [2.45, 2.75) is 50.0 Å². The maximum Gasteiger partial charge on any atom is 0.408 e. The molecule has 1 saturated carbocycles. The summed E-state index contributed by atoms with van der Waals surface area (Å²) in [6, 6.07) is 6.77. The highest BCUT2D eigenvalue weighted by Gasteiger charge is 2.72. The second-order valence-corrected chi connectivity index (χ2v) is 9.71. The molecule has 1 fully saturated rings. The summed E-state index contributed by atoms with van der Waals surface area (Å²) in [7, 11) is -2.06. The van der Waals surface area contributed by atoms with E-state index in [1.165, 1.54) is 14.0 Å². The van der Waals surface area contributed by atoms with Crippen molar-refractivity contribution in [3.8, 4) is 5.75 Å². The Kier molecular flexibility index (Phi) is 5.37. The zero-order valence-corrected chi connectivity index (χ0v) is 16.4. The molecule has 1 aliphatic carbocycles. The van der Waals surface area contributed by atoms with Crippen LogP contribution in [0.3, 0.4) is 0 Å². The molecule has 0 radical (unpaired) electrons. The average molecular weight is 383 g/mol. The van der Waals surface area contributed by atoms with Crippen LogP contribution in [0.25, 0.3) is 0 Å². The number of ether oxygens (including phenoxy) is 2. The number of hydrogen-bond acceptors (Lipinski definition) is 6. The molecule has 0 aliphatic heterocycles. The molecular weight excluding hydrogens is 358 g/mol. The number of rotatable bonds is 6. The monoisotopic (exact) mass is 383 g/mol. The maximum absolute atomic E-state index is 12.5. The fourth-order valence-corrected chi connectivity index (χ4v) is 5.05. The third-order valence-corrected chi connectivity index (χ3v) is 6.60. The number of sulfone groups is 1. The van der Waals surface area contributed by atoms with E-state index in [9.17, 15) is 18.0 Å². The van der Waals surface area contributed by atoms with Gasteiger partial charge in [-0.1, -0.05) is 19.1 Å². The molecule has 2 rings (SSSR count). The Hall–Kier alpha value is -2.09. The molecule has 0 aromatic heterocycles. The number of methoxy groups -OCH3 is 1. The number of aldehydes is 1. The Morgan fingerprint density at radius 3 is 2.27 bits per heavy atom. The second kappa shape index (κ2) is 6.90. The molecule has 0 unspecified atom stereocenters. The van der Waals surface area contributed by atoms with E-state index >= 15 is 0 Å². The van der Waals surface area contributed by atoms with E-state index in [0.717, 1.165) is 0 Å². The zero-order chi connectivity index (χ0) is 19.8. The van der Waals surface area contributed by atoms with Crippen LogP contribution in [0.5, 0.6) is 5.75 Å². The molecule has 8 heteroatoms. The molecule has 1 aromatic carbocycles. The summed E-state index contributed by atoms with van der Waals surface area (Å²) in [5.74, 6) is -0.194. The van der Waals surface area contributed by atoms with Crippen molar-refractivity contribution in [2.75, 3.05) is 12.9 Å². The molecule has 1 aromatic rings. The summed E-state index contributed by atoms with van der Waals surface area (Å²) < 4.78 is 35.4. The second-order valence-electron chi connectivity index (χ2n) is 7.30. The van der Waals surface area contributed by atoms with E-state index in [4.69, 9.17) is 9.47 Å². The minimum absolute atomic E-state index is 0.129. The average Bonchev–Trinajstić information content (AvgIpc) is 3.22. The van der Waals surface area contributed by atoms with Crippen molar-refractivity contribution in [2.24, 2.45) is 0 Å². The van der Waals surface area contributed by atoms with Gasteiger partial charge in [0.2, 0.25) is 0 Å². The normalized spacial score (nSPS) is 25.3. The molecule has 3 atom stereocenters. The number of nitrogens with one attached hydrogen (secondary N) is 1. The summed E-state index contributed by atoms with van der Waals surface area (Å²) in [5, 5.41) is 1.47. The highest BCUT2D eigenvalue weighted by molar-refractivity contribution is 7.92. The van der Waals surface area contributed by atoms with Crippen molar-refractivity contribution < 1.29 is 27.5 Å². The van der Waals surface area contributed by atoms with Gasteiger partial charge in [0, 0.05) is 11.7 Å². The summed E-state index contributed by atoms with van der Waals surface area (Å²) in [6.07, 6.45) is -0.319. The SMILES string of the molecule is CCS(=O)(=O)[C@@H]1[C@H](c2ccc(OC)cc2)[C@@]1(C=O)NC(=O)OC(C)(C)C. The quantitative estimate of drug-likeness (QED) is 0.755. The third kappa shape index (κ3) is 3.85. The lowest BCUT2D eigenvalue weighted by atomic mass is 10.1. The van der Waals surface area contributed by atoms with Gasteiger partial charge in [-0.3, -0.25) is 0 Å². The molecule has 26 heavy (non-hydrogen) atoms. The third-order valence-electron chi connectivity index (χ3n) is 4.36. The summed E-state index contributed by atoms with van der Waals surface area (Å²) in [4.78, 5) is 24.1. The fraction of sp³-hybridized carbons (Fsp3) is 0.556. The van der Waals surface area contributed by atoms with Crippen molar-refractivity contribution in [1.82, 2.24) is 5.32 Å². The van der Waals surface area contributed by atoms with Crippen LogP contribution in [0.2, 0.25) is 0 Å². The van der Waals surface area contributed by atoms with Gasteiger partial charge >= 0.3 is 6.09 Å². The molecular formula is C18H25NO6S. The Balaban J connectivity index is 2.39. The first kappa shape index (κ1) is 20.2. The van der Waals surface area contributed by atoms with Crippen LogP contribution >= 0.6 is 0 Å². The lowest BCUT2D eigenvalue weighted by Gasteiger charge is -2.22. The molecule has 1 aliphatic rings. The molecule has 1 amide bonds. The fourth-order valence-electron chi connectivity index (χ4n) is 3.12. The van der Waals surface area contributed by atoms with Gasteiger partial charge in [0.1, 0.15) is 28.4 Å². The van der Waals surface area contributed by atoms with Crippen molar-refractivity contribution in [3.05, 3.63) is 29.8 Å². The summed E-state index contributed by atoms with van der Waals surface area (Å²) in [6.45, 7) is 6.58. The van der Waals surface area contributed by atoms with Crippen LogP contribution in [0.4, 0.5) is 4.79 Å². The van der Waals surface area contributed by atoms with Crippen LogP contribution in [0.15, 0.2) is 24.3 Å². The van der Waals surface area contributed by atoms with E-state index < -0.39 is 38.2 Å². The zero-order valence-electron chi connectivity index (χ0n) is 15.6. The molecule has 0 heterocycles. The minimum atomic E-state index is -3.58. The standard InChI is InChI=1S/C18H25NO6S/c1-6-26(22,23)15-14(12-7-9-13(24-5)10-8-12)18(15,11-20)19-16(21)25-17(2,3)4/h7-11,14-15H,6H2,1-5H3,(H,19,21)/t14-,15+,18+/m0/s1. The number of benzene rings is 1. The lowest BCUT2D eigenvalue weighted by molar-refractivity contribution is -0.110. The van der Waals surface area contributed by atoms with Gasteiger partial charge in [0.25, 0.3) is 0 Å². The molecule has 0 saturated heterocycles. The Labute approximate surface area is 154 Å². The van der Waals surface area contributed by atoms with E-state index in [-0.39, 0.29) is 5.75 Å². The van der Waals surface area contributed by atoms with Gasteiger partial charge in [0.05, 0.1) is 7.11 Å². The number of amides is 1. The largest absolute Gasteiger partial charge is 0.497 e. The Morgan fingerprint density at radius 1 is 1.27 bits per heavy atom. The molecule has 0 bridgehead atoms. The first-order valence-electron chi connectivity index (χ1n) is 8.33. The van der Waals surface area contributed by atoms with Crippen molar-refractivity contribution in [3.63, 3.8) is 0 Å². The Morgan fingerprint density at radius 2 is 1.85 bits per heavy atom. The van der Waals surface area contributed by atoms with Crippen LogP contribution in [-0.4, -0.2) is 50.0 Å². The Bertz CT molecular complexity index is 781. The van der Waals surface area contributed by atoms with E-state index in [1.807, 2.05) is 0 Å². The maximum atomic E-state index is 12.5. The number of alkyl carbamates (subject to hydrolysis) is 1. The highest BCUT2D eigenvalue weighted by atomic mass is 32.2. The van der Waals surface area contributed by atoms with Gasteiger partial charge < -0.3 is 19.6 Å². The predicted molar refractivity (Wildman–Crippen MR) is 97.1 cm³/mol. The van der Waals surface area contributed by atoms with E-state index in [2.05, 4.69) is 5.32 Å². The first-order valence-corrected chi connectivity index (χ1v) is 10.1. The highest BCUT2D eigenvalue weighted by Crippen LogP contribution is 2.55. The van der Waals surface area contributed by atoms with Gasteiger partial charge in [-0.2, -0.15) is 0 Å². The molecule has 1 N–H and O–H groups in total. The molecule has 144 valence electrons. The van der Waals surface area contributed by atoms with Crippen molar-refractivity contribution >= 4 is 22.2 Å². The van der Waals surface area contributed by atoms with Crippen LogP contribution in [0.1, 0.15) is 39.2 Å². The number of hydrogen-bond donors (Lipinski definition) is 1. The van der Waals surface area contributed by atoms with E-state index in [1.54, 1.807) is 45.0 Å². The summed E-state index contributed by atoms with van der Waals surface area (Å²) in [5.41, 5.74) is -1.67. The predicted octanol–water partition coefficient (Wildman–Crippen LogP) is 2.06. The number of carbonyl (C=O) groups is 2. The van der Waals surface area contributed by atoms with Gasteiger partial charge in [-0.05, 0) is 38.5 Å².